The van der Waals surface area contributed by atoms with E-state index in [2.05, 4.69) is 30.3 Å². The molecule has 0 aromatic rings. The minimum absolute atomic E-state index is 0.849. The molecule has 0 rings (SSSR count). The summed E-state index contributed by atoms with van der Waals surface area (Å²) in [4.78, 5) is 2.24. The fraction of sp³-hybridized carbons (Fsp3) is 0.556. The molecule has 0 spiro atoms. The molecule has 1 N–H and O–H groups in total. The first kappa shape index (κ1) is 11.6. The summed E-state index contributed by atoms with van der Waals surface area (Å²) < 4.78 is 0. The highest BCUT2D eigenvalue weighted by atomic mass is 32.2. The lowest BCUT2D eigenvalue weighted by molar-refractivity contribution is 0.307. The van der Waals surface area contributed by atoms with Gasteiger partial charge in [-0.25, -0.2) is 0 Å². The van der Waals surface area contributed by atoms with Crippen molar-refractivity contribution in [2.75, 3.05) is 26.0 Å². The van der Waals surface area contributed by atoms with Gasteiger partial charge in [0.2, 0.25) is 0 Å². The molecule has 0 radical (unpaired) electrons. The molecule has 70 valence electrons. The molecule has 2 nitrogen and oxygen atoms in total. The molecule has 0 atom stereocenters. The molecular weight excluding hydrogens is 168 g/mol. The molecule has 0 amide bonds. The normalized spacial score (nSPS) is 9.92. The third kappa shape index (κ3) is 5.27. The van der Waals surface area contributed by atoms with Crippen LogP contribution in [0.5, 0.6) is 0 Å². The summed E-state index contributed by atoms with van der Waals surface area (Å²) in [6.45, 7) is 12.5. The number of nitrogens with one attached hydrogen (secondary N) is 1. The van der Waals surface area contributed by atoms with Crippen molar-refractivity contribution in [2.24, 2.45) is 0 Å². The third-order valence-corrected chi connectivity index (χ3v) is 2.22. The highest BCUT2D eigenvalue weighted by Crippen LogP contribution is 2.02. The molecule has 0 heterocycles. The number of rotatable bonds is 7. The molecule has 0 saturated carbocycles. The lowest BCUT2D eigenvalue weighted by Crippen LogP contribution is -2.33. The Morgan fingerprint density at radius 3 is 2.75 bits per heavy atom. The smallest absolute Gasteiger partial charge is 0.0685 e. The van der Waals surface area contributed by atoms with Crippen LogP contribution in [0, 0.1) is 0 Å². The Labute approximate surface area is 79.7 Å². The Morgan fingerprint density at radius 1 is 1.67 bits per heavy atom. The first-order valence-electron chi connectivity index (χ1n) is 4.04. The minimum atomic E-state index is 0.849. The summed E-state index contributed by atoms with van der Waals surface area (Å²) in [5.41, 5.74) is 0. The van der Waals surface area contributed by atoms with Gasteiger partial charge in [0.15, 0.2) is 0 Å². The Bertz CT molecular complexity index is 145. The van der Waals surface area contributed by atoms with Crippen LogP contribution in [0.4, 0.5) is 0 Å². The number of hydrogen-bond acceptors (Lipinski definition) is 3. The van der Waals surface area contributed by atoms with Gasteiger partial charge in [-0.05, 0) is 12.8 Å². The van der Waals surface area contributed by atoms with Gasteiger partial charge in [-0.3, -0.25) is 4.90 Å². The van der Waals surface area contributed by atoms with Crippen LogP contribution < -0.4 is 5.32 Å². The largest absolute Gasteiger partial charge is 0.368 e. The predicted octanol–water partition coefficient (Wildman–Crippen LogP) is 1.88. The van der Waals surface area contributed by atoms with Gasteiger partial charge >= 0.3 is 0 Å². The van der Waals surface area contributed by atoms with Crippen LogP contribution in [-0.2, 0) is 0 Å². The average Bonchev–Trinajstić information content (AvgIpc) is 2.11. The van der Waals surface area contributed by atoms with Gasteiger partial charge in [-0.2, -0.15) is 0 Å². The van der Waals surface area contributed by atoms with Gasteiger partial charge in [0.25, 0.3) is 0 Å². The fourth-order valence-electron chi connectivity index (χ4n) is 0.760. The Balaban J connectivity index is 3.56. The maximum Gasteiger partial charge on any atom is 0.0685 e. The van der Waals surface area contributed by atoms with Crippen LogP contribution in [-0.4, -0.2) is 30.9 Å². The molecule has 3 heteroatoms. The van der Waals surface area contributed by atoms with Crippen molar-refractivity contribution < 1.29 is 0 Å². The molecule has 0 unspecified atom stereocenters. The lowest BCUT2D eigenvalue weighted by atomic mass is 10.5. The van der Waals surface area contributed by atoms with Crippen LogP contribution >= 0.6 is 11.8 Å². The molecule has 0 aromatic heterocycles. The first-order valence-corrected chi connectivity index (χ1v) is 5.27. The highest BCUT2D eigenvalue weighted by Gasteiger charge is 1.97. The van der Waals surface area contributed by atoms with Crippen molar-refractivity contribution in [3.05, 3.63) is 24.3 Å². The van der Waals surface area contributed by atoms with Crippen LogP contribution in [0.15, 0.2) is 24.3 Å². The second-order valence-electron chi connectivity index (χ2n) is 2.42. The maximum absolute atomic E-state index is 3.84. The van der Waals surface area contributed by atoms with Crippen LogP contribution in [0.3, 0.4) is 0 Å². The van der Waals surface area contributed by atoms with E-state index < -0.39 is 0 Å². The van der Waals surface area contributed by atoms with Crippen LogP contribution in [0.2, 0.25) is 0 Å². The number of likely N-dealkylation sites (N-methyl/N-ethyl adjacent to an activating group) is 1. The second-order valence-corrected chi connectivity index (χ2v) is 3.32. The van der Waals surface area contributed by atoms with E-state index in [1.807, 2.05) is 12.3 Å². The third-order valence-electron chi connectivity index (χ3n) is 1.58. The van der Waals surface area contributed by atoms with Crippen molar-refractivity contribution in [1.82, 2.24) is 10.2 Å². The number of hydrogen-bond donors (Lipinski definition) is 1. The van der Waals surface area contributed by atoms with Crippen molar-refractivity contribution in [1.29, 1.82) is 0 Å². The summed E-state index contributed by atoms with van der Waals surface area (Å²) in [5, 5.41) is 4.23. The van der Waals surface area contributed by atoms with Crippen molar-refractivity contribution in [3.8, 4) is 0 Å². The molecule has 0 fully saturated rings. The Hall–Kier alpha value is -0.410. The van der Waals surface area contributed by atoms with Gasteiger partial charge in [-0.15, -0.1) is 18.3 Å². The van der Waals surface area contributed by atoms with E-state index in [1.54, 1.807) is 11.8 Å². The molecule has 0 bridgehead atoms. The average molecular weight is 186 g/mol. The molecule has 0 aliphatic heterocycles. The van der Waals surface area contributed by atoms with Gasteiger partial charge in [0.1, 0.15) is 0 Å². The molecule has 0 aliphatic rings. The maximum atomic E-state index is 3.84. The van der Waals surface area contributed by atoms with Gasteiger partial charge in [0.05, 0.1) is 11.7 Å². The lowest BCUT2D eigenvalue weighted by Gasteiger charge is -2.19. The van der Waals surface area contributed by atoms with Crippen LogP contribution in [0.25, 0.3) is 0 Å². The summed E-state index contributed by atoms with van der Waals surface area (Å²) in [6, 6.07) is 0. The zero-order chi connectivity index (χ0) is 9.40. The minimum Gasteiger partial charge on any atom is -0.368 e. The van der Waals surface area contributed by atoms with Crippen molar-refractivity contribution >= 4 is 11.8 Å². The molecule has 12 heavy (non-hydrogen) atoms. The monoisotopic (exact) mass is 186 g/mol. The van der Waals surface area contributed by atoms with E-state index in [0.29, 0.717) is 0 Å². The zero-order valence-corrected chi connectivity index (χ0v) is 8.78. The molecule has 0 aliphatic carbocycles. The van der Waals surface area contributed by atoms with Gasteiger partial charge in [-0.1, -0.05) is 19.6 Å². The first-order chi connectivity index (χ1) is 5.74. The van der Waals surface area contributed by atoms with Gasteiger partial charge < -0.3 is 5.32 Å². The van der Waals surface area contributed by atoms with E-state index in [9.17, 15) is 0 Å². The standard InChI is InChI=1S/C9H18N2S/c1-5-7-11(6-2)8-10-9(3)12-4/h5,10H,1,3,6-8H2,2,4H3. The Morgan fingerprint density at radius 2 is 2.33 bits per heavy atom. The summed E-state index contributed by atoms with van der Waals surface area (Å²) in [7, 11) is 0. The molecule has 0 saturated heterocycles. The zero-order valence-electron chi connectivity index (χ0n) is 7.97. The highest BCUT2D eigenvalue weighted by molar-refractivity contribution is 8.02. The van der Waals surface area contributed by atoms with Crippen molar-refractivity contribution in [3.63, 3.8) is 0 Å². The predicted molar refractivity (Wildman–Crippen MR) is 58.1 cm³/mol. The number of nitrogens with zero attached hydrogens (tertiary/aromatic N) is 1. The van der Waals surface area contributed by atoms with E-state index in [1.165, 1.54) is 0 Å². The van der Waals surface area contributed by atoms with E-state index in [0.717, 1.165) is 24.8 Å². The number of thioether (sulfide) groups is 1. The quantitative estimate of drug-likeness (QED) is 0.483. The van der Waals surface area contributed by atoms with Crippen molar-refractivity contribution in [2.45, 2.75) is 6.92 Å². The SMILES string of the molecule is C=CCN(CC)CNC(=C)SC. The van der Waals surface area contributed by atoms with E-state index in [4.69, 9.17) is 0 Å². The van der Waals surface area contributed by atoms with Gasteiger partial charge in [0, 0.05) is 6.54 Å². The molecule has 0 aromatic carbocycles. The second kappa shape index (κ2) is 7.25. The van der Waals surface area contributed by atoms with E-state index in [-0.39, 0.29) is 0 Å². The fourth-order valence-corrected chi connectivity index (χ4v) is 0.969. The topological polar surface area (TPSA) is 15.3 Å². The summed E-state index contributed by atoms with van der Waals surface area (Å²) in [6.07, 6.45) is 3.92. The van der Waals surface area contributed by atoms with Crippen LogP contribution in [0.1, 0.15) is 6.92 Å². The Kier molecular flexibility index (Phi) is 7.00. The molecular formula is C9H18N2S. The summed E-state index contributed by atoms with van der Waals surface area (Å²) >= 11 is 1.64. The van der Waals surface area contributed by atoms with E-state index >= 15 is 0 Å². The summed E-state index contributed by atoms with van der Waals surface area (Å²) in [5.74, 6) is 0.